The summed E-state index contributed by atoms with van der Waals surface area (Å²) in [6.45, 7) is 5.19. The maximum atomic E-state index is 4.55. The Labute approximate surface area is 134 Å². The predicted octanol–water partition coefficient (Wildman–Crippen LogP) is 3.54. The molecule has 0 atom stereocenters. The van der Waals surface area contributed by atoms with E-state index in [2.05, 4.69) is 62.8 Å². The van der Waals surface area contributed by atoms with Crippen molar-refractivity contribution >= 4 is 11.8 Å². The molecule has 5 nitrogen and oxygen atoms in total. The molecule has 114 valence electrons. The zero-order valence-corrected chi connectivity index (χ0v) is 13.6. The van der Waals surface area contributed by atoms with E-state index in [1.807, 2.05) is 12.4 Å². The standard InChI is InChI=1S/C16H19N5S/c1-3-12-5-7-13(8-6-12)15-18-16(20-19-15)22-11-14-17-9-10-21(14)4-2/h5-10H,3-4,11H2,1-2H3,(H,18,19,20). The second-order valence-corrected chi connectivity index (χ2v) is 5.88. The third kappa shape index (κ3) is 3.22. The lowest BCUT2D eigenvalue weighted by Gasteiger charge is -2.02. The molecule has 0 radical (unpaired) electrons. The van der Waals surface area contributed by atoms with Crippen molar-refractivity contribution < 1.29 is 0 Å². The van der Waals surface area contributed by atoms with Crippen LogP contribution in [0.3, 0.4) is 0 Å². The molecule has 0 aliphatic heterocycles. The Morgan fingerprint density at radius 3 is 2.73 bits per heavy atom. The second-order valence-electron chi connectivity index (χ2n) is 4.94. The van der Waals surface area contributed by atoms with Crippen LogP contribution in [-0.4, -0.2) is 24.7 Å². The molecule has 22 heavy (non-hydrogen) atoms. The third-order valence-electron chi connectivity index (χ3n) is 3.57. The van der Waals surface area contributed by atoms with E-state index in [0.29, 0.717) is 0 Å². The van der Waals surface area contributed by atoms with E-state index in [1.165, 1.54) is 5.56 Å². The lowest BCUT2D eigenvalue weighted by Crippen LogP contribution is -1.98. The van der Waals surface area contributed by atoms with Gasteiger partial charge in [-0.3, -0.25) is 5.10 Å². The smallest absolute Gasteiger partial charge is 0.209 e. The first kappa shape index (κ1) is 14.8. The molecule has 0 amide bonds. The predicted molar refractivity (Wildman–Crippen MR) is 88.7 cm³/mol. The van der Waals surface area contributed by atoms with E-state index in [0.717, 1.165) is 41.1 Å². The number of aromatic amines is 1. The minimum Gasteiger partial charge on any atom is -0.335 e. The van der Waals surface area contributed by atoms with Crippen molar-refractivity contribution in [1.82, 2.24) is 24.7 Å². The summed E-state index contributed by atoms with van der Waals surface area (Å²) in [4.78, 5) is 8.91. The Hall–Kier alpha value is -2.08. The maximum Gasteiger partial charge on any atom is 0.209 e. The van der Waals surface area contributed by atoms with Gasteiger partial charge in [0.25, 0.3) is 0 Å². The summed E-state index contributed by atoms with van der Waals surface area (Å²) < 4.78 is 2.13. The molecule has 0 fully saturated rings. The quantitative estimate of drug-likeness (QED) is 0.707. The number of nitrogens with zero attached hydrogens (tertiary/aromatic N) is 4. The molecule has 2 aromatic heterocycles. The van der Waals surface area contributed by atoms with Crippen LogP contribution in [0.1, 0.15) is 25.2 Å². The Morgan fingerprint density at radius 2 is 2.00 bits per heavy atom. The van der Waals surface area contributed by atoms with Crippen LogP contribution >= 0.6 is 11.8 Å². The van der Waals surface area contributed by atoms with Gasteiger partial charge in [-0.15, -0.1) is 5.10 Å². The number of hydrogen-bond donors (Lipinski definition) is 1. The molecule has 0 aliphatic carbocycles. The summed E-state index contributed by atoms with van der Waals surface area (Å²) >= 11 is 1.59. The molecular weight excluding hydrogens is 294 g/mol. The van der Waals surface area contributed by atoms with Gasteiger partial charge in [0.2, 0.25) is 5.16 Å². The number of H-pyrrole nitrogens is 1. The summed E-state index contributed by atoms with van der Waals surface area (Å²) in [7, 11) is 0. The lowest BCUT2D eigenvalue weighted by atomic mass is 10.1. The van der Waals surface area contributed by atoms with Crippen molar-refractivity contribution in [1.29, 1.82) is 0 Å². The molecule has 3 aromatic rings. The lowest BCUT2D eigenvalue weighted by molar-refractivity contribution is 0.725. The van der Waals surface area contributed by atoms with Gasteiger partial charge in [-0.05, 0) is 18.9 Å². The summed E-state index contributed by atoms with van der Waals surface area (Å²) in [5.41, 5.74) is 2.39. The Morgan fingerprint density at radius 1 is 1.18 bits per heavy atom. The molecule has 6 heteroatoms. The zero-order valence-electron chi connectivity index (χ0n) is 12.8. The van der Waals surface area contributed by atoms with E-state index in [1.54, 1.807) is 11.8 Å². The van der Waals surface area contributed by atoms with Crippen LogP contribution in [0.2, 0.25) is 0 Å². The van der Waals surface area contributed by atoms with Gasteiger partial charge in [0.1, 0.15) is 5.82 Å². The van der Waals surface area contributed by atoms with Crippen molar-refractivity contribution in [2.24, 2.45) is 0 Å². The van der Waals surface area contributed by atoms with E-state index in [-0.39, 0.29) is 0 Å². The van der Waals surface area contributed by atoms with Crippen molar-refractivity contribution in [3.05, 3.63) is 48.0 Å². The van der Waals surface area contributed by atoms with Gasteiger partial charge >= 0.3 is 0 Å². The van der Waals surface area contributed by atoms with Crippen molar-refractivity contribution in [2.45, 2.75) is 37.7 Å². The molecule has 0 aliphatic rings. The first-order valence-electron chi connectivity index (χ1n) is 7.44. The van der Waals surface area contributed by atoms with Gasteiger partial charge in [-0.2, -0.15) is 0 Å². The highest BCUT2D eigenvalue weighted by Crippen LogP contribution is 2.22. The molecule has 0 unspecified atom stereocenters. The molecule has 1 N–H and O–H groups in total. The van der Waals surface area contributed by atoms with Crippen LogP contribution in [0.5, 0.6) is 0 Å². The highest BCUT2D eigenvalue weighted by atomic mass is 32.2. The highest BCUT2D eigenvalue weighted by molar-refractivity contribution is 7.98. The van der Waals surface area contributed by atoms with Crippen LogP contribution in [0.15, 0.2) is 41.8 Å². The average molecular weight is 313 g/mol. The minimum absolute atomic E-state index is 0.750. The van der Waals surface area contributed by atoms with Crippen LogP contribution in [0.4, 0.5) is 0 Å². The Kier molecular flexibility index (Phi) is 4.58. The molecule has 3 rings (SSSR count). The number of hydrogen-bond acceptors (Lipinski definition) is 4. The van der Waals surface area contributed by atoms with Gasteiger partial charge in [-0.25, -0.2) is 9.97 Å². The number of imidazole rings is 1. The normalized spacial score (nSPS) is 11.0. The second kappa shape index (κ2) is 6.79. The van der Waals surface area contributed by atoms with Crippen LogP contribution < -0.4 is 0 Å². The minimum atomic E-state index is 0.750. The summed E-state index contributed by atoms with van der Waals surface area (Å²) in [6.07, 6.45) is 4.87. The monoisotopic (exact) mass is 313 g/mol. The van der Waals surface area contributed by atoms with Gasteiger partial charge < -0.3 is 4.57 Å². The summed E-state index contributed by atoms with van der Waals surface area (Å²) in [5.74, 6) is 2.63. The largest absolute Gasteiger partial charge is 0.335 e. The fourth-order valence-electron chi connectivity index (χ4n) is 2.24. The highest BCUT2D eigenvalue weighted by Gasteiger charge is 2.08. The topological polar surface area (TPSA) is 59.4 Å². The average Bonchev–Trinajstić information content (AvgIpc) is 3.21. The molecule has 1 aromatic carbocycles. The summed E-state index contributed by atoms with van der Waals surface area (Å²) in [5, 5.41) is 8.04. The molecule has 0 saturated heterocycles. The van der Waals surface area contributed by atoms with E-state index in [4.69, 9.17) is 0 Å². The third-order valence-corrected chi connectivity index (χ3v) is 4.42. The van der Waals surface area contributed by atoms with Crippen LogP contribution in [0, 0.1) is 0 Å². The number of nitrogens with one attached hydrogen (secondary N) is 1. The Balaban J connectivity index is 1.68. The number of aromatic nitrogens is 5. The summed E-state index contributed by atoms with van der Waals surface area (Å²) in [6, 6.07) is 8.42. The molecule has 2 heterocycles. The first-order chi connectivity index (χ1) is 10.8. The Bertz CT molecular complexity index is 729. The molecule has 0 saturated carbocycles. The number of rotatable bonds is 6. The zero-order chi connectivity index (χ0) is 15.4. The number of benzene rings is 1. The van der Waals surface area contributed by atoms with Crippen LogP contribution in [-0.2, 0) is 18.7 Å². The first-order valence-corrected chi connectivity index (χ1v) is 8.43. The van der Waals surface area contributed by atoms with E-state index in [9.17, 15) is 0 Å². The van der Waals surface area contributed by atoms with Crippen LogP contribution in [0.25, 0.3) is 11.4 Å². The van der Waals surface area contributed by atoms with E-state index < -0.39 is 0 Å². The molecular formula is C16H19N5S. The van der Waals surface area contributed by atoms with E-state index >= 15 is 0 Å². The van der Waals surface area contributed by atoms with Gasteiger partial charge in [0.05, 0.1) is 5.75 Å². The SMILES string of the molecule is CCc1ccc(-c2nc(SCc3nccn3CC)n[nH]2)cc1. The fourth-order valence-corrected chi connectivity index (χ4v) is 3.00. The van der Waals surface area contributed by atoms with Crippen molar-refractivity contribution in [3.63, 3.8) is 0 Å². The number of thioether (sulfide) groups is 1. The fraction of sp³-hybridized carbons (Fsp3) is 0.312. The van der Waals surface area contributed by atoms with Crippen molar-refractivity contribution in [3.8, 4) is 11.4 Å². The van der Waals surface area contributed by atoms with Gasteiger partial charge in [0.15, 0.2) is 5.82 Å². The molecule has 0 spiro atoms. The van der Waals surface area contributed by atoms with Gasteiger partial charge in [0, 0.05) is 24.5 Å². The van der Waals surface area contributed by atoms with Crippen molar-refractivity contribution in [2.75, 3.05) is 0 Å². The molecule has 0 bridgehead atoms. The van der Waals surface area contributed by atoms with Gasteiger partial charge in [-0.1, -0.05) is 43.0 Å². The number of aryl methyl sites for hydroxylation is 2. The maximum absolute atomic E-state index is 4.55.